The maximum Gasteiger partial charge on any atom is 0.446 e. The Kier molecular flexibility index (Phi) is 5.60. The zero-order valence-corrected chi connectivity index (χ0v) is 15.0. The van der Waals surface area contributed by atoms with E-state index in [1.165, 1.54) is 24.3 Å². The number of hydrogen-bond acceptors (Lipinski definition) is 9. The number of carbonyl (C=O) groups excluding carboxylic acids is 1. The van der Waals surface area contributed by atoms with Crippen LogP contribution in [0.25, 0.3) is 0 Å². The third-order valence-electron chi connectivity index (χ3n) is 3.04. The smallest absolute Gasteiger partial charge is 0.446 e. The van der Waals surface area contributed by atoms with Crippen LogP contribution in [0.2, 0.25) is 0 Å². The van der Waals surface area contributed by atoms with Crippen LogP contribution in [0, 0.1) is 0 Å². The number of phenolic OH excluding ortho intramolecular Hbond substituents is 1. The average molecular weight is 420 g/mol. The number of methoxy groups -OCH3 is 1. The lowest BCUT2D eigenvalue weighted by Gasteiger charge is -2.16. The molecule has 0 radical (unpaired) electrons. The Morgan fingerprint density at radius 3 is 1.96 bits per heavy atom. The van der Waals surface area contributed by atoms with Gasteiger partial charge in [0, 0.05) is 11.6 Å². The average Bonchev–Trinajstić information content (AvgIpc) is 2.55. The van der Waals surface area contributed by atoms with E-state index in [1.54, 1.807) is 6.07 Å². The van der Waals surface area contributed by atoms with Crippen molar-refractivity contribution < 1.29 is 48.9 Å². The number of rotatable bonds is 7. The second kappa shape index (κ2) is 7.40. The van der Waals surface area contributed by atoms with Crippen molar-refractivity contribution in [3.05, 3.63) is 47.5 Å². The molecule has 0 amide bonds. The molecule has 2 aromatic carbocycles. The zero-order valence-electron chi connectivity index (χ0n) is 13.4. The van der Waals surface area contributed by atoms with Crippen LogP contribution in [-0.4, -0.2) is 43.9 Å². The molecule has 11 nitrogen and oxygen atoms in total. The summed E-state index contributed by atoms with van der Waals surface area (Å²) in [7, 11) is -9.43. The lowest BCUT2D eigenvalue weighted by atomic mass is 10.0. The molecule has 0 aliphatic heterocycles. The molecule has 146 valence electrons. The summed E-state index contributed by atoms with van der Waals surface area (Å²) in [6, 6.07) is 8.01. The molecule has 0 aromatic heterocycles. The maximum absolute atomic E-state index is 12.6. The lowest BCUT2D eigenvalue weighted by molar-refractivity contribution is 0.103. The Morgan fingerprint density at radius 2 is 1.48 bits per heavy atom. The van der Waals surface area contributed by atoms with Gasteiger partial charge in [0.2, 0.25) is 11.5 Å². The molecule has 0 spiro atoms. The quantitative estimate of drug-likeness (QED) is 0.430. The minimum atomic E-state index is -5.22. The highest BCUT2D eigenvalue weighted by atomic mass is 32.3. The first-order valence-corrected chi connectivity index (χ1v) is 9.53. The van der Waals surface area contributed by atoms with Crippen LogP contribution in [0.3, 0.4) is 0 Å². The predicted octanol–water partition coefficient (Wildman–Crippen LogP) is 0.995. The normalized spacial score (nSPS) is 11.7. The summed E-state index contributed by atoms with van der Waals surface area (Å²) in [6.07, 6.45) is 0. The second-order valence-electron chi connectivity index (χ2n) is 4.85. The highest BCUT2D eigenvalue weighted by Gasteiger charge is 2.30. The summed E-state index contributed by atoms with van der Waals surface area (Å²) in [5, 5.41) is 10.2. The van der Waals surface area contributed by atoms with Gasteiger partial charge in [-0.15, -0.1) is 0 Å². The van der Waals surface area contributed by atoms with E-state index in [-0.39, 0.29) is 5.56 Å². The topological polar surface area (TPSA) is 174 Å². The van der Waals surface area contributed by atoms with Crippen molar-refractivity contribution in [1.82, 2.24) is 0 Å². The molecule has 2 aromatic rings. The van der Waals surface area contributed by atoms with Crippen molar-refractivity contribution >= 4 is 26.6 Å². The Hall–Kier alpha value is -2.87. The van der Waals surface area contributed by atoms with Crippen LogP contribution in [-0.2, 0) is 20.8 Å². The van der Waals surface area contributed by atoms with Gasteiger partial charge in [0.05, 0.1) is 12.7 Å². The molecule has 0 unspecified atom stereocenters. The number of hydrogen-bond donors (Lipinski definition) is 3. The summed E-state index contributed by atoms with van der Waals surface area (Å²) in [5.41, 5.74) is -0.618. The van der Waals surface area contributed by atoms with Gasteiger partial charge < -0.3 is 18.2 Å². The third kappa shape index (κ3) is 5.07. The Morgan fingerprint density at radius 1 is 0.926 bits per heavy atom. The van der Waals surface area contributed by atoms with Crippen LogP contribution >= 0.6 is 0 Å². The van der Waals surface area contributed by atoms with Gasteiger partial charge in [0.25, 0.3) is 0 Å². The molecule has 0 saturated carbocycles. The molecule has 0 bridgehead atoms. The lowest BCUT2D eigenvalue weighted by Crippen LogP contribution is -2.13. The number of ether oxygens (including phenoxy) is 1. The molecule has 0 aliphatic rings. The van der Waals surface area contributed by atoms with Gasteiger partial charge in [0.1, 0.15) is 0 Å². The zero-order chi connectivity index (χ0) is 20.4. The Labute approximate surface area is 153 Å². The van der Waals surface area contributed by atoms with Crippen molar-refractivity contribution in [2.45, 2.75) is 0 Å². The molecule has 27 heavy (non-hydrogen) atoms. The SMILES string of the molecule is COc1c(OS(=O)(=O)O)cc(C(=O)c2ccccc2)c(O)c1OS(=O)(=O)O. The summed E-state index contributed by atoms with van der Waals surface area (Å²) < 4.78 is 75.0. The van der Waals surface area contributed by atoms with Crippen LogP contribution in [0.1, 0.15) is 15.9 Å². The van der Waals surface area contributed by atoms with E-state index in [4.69, 9.17) is 13.8 Å². The Balaban J connectivity index is 2.78. The standard InChI is InChI=1S/C14H12O11S2/c1-23-13-10(24-26(17,18)19)7-9(11(15)8-5-3-2-4-6-8)12(16)14(13)25-27(20,21)22/h2-7,16H,1H3,(H,17,18,19)(H,20,21,22). The van der Waals surface area contributed by atoms with E-state index in [0.29, 0.717) is 6.07 Å². The minimum Gasteiger partial charge on any atom is -0.504 e. The van der Waals surface area contributed by atoms with Crippen LogP contribution in [0.5, 0.6) is 23.0 Å². The molecule has 0 atom stereocenters. The first-order chi connectivity index (χ1) is 12.4. The van der Waals surface area contributed by atoms with Gasteiger partial charge in [0.15, 0.2) is 17.3 Å². The second-order valence-corrected chi connectivity index (χ2v) is 6.89. The van der Waals surface area contributed by atoms with Crippen molar-refractivity contribution in [3.8, 4) is 23.0 Å². The van der Waals surface area contributed by atoms with Gasteiger partial charge >= 0.3 is 20.8 Å². The number of phenols is 1. The molecular formula is C14H12O11S2. The first-order valence-electron chi connectivity index (χ1n) is 6.80. The molecule has 0 fully saturated rings. The molecular weight excluding hydrogens is 408 g/mol. The van der Waals surface area contributed by atoms with Crippen LogP contribution < -0.4 is 13.1 Å². The van der Waals surface area contributed by atoms with E-state index >= 15 is 0 Å². The third-order valence-corrected chi connectivity index (χ3v) is 3.81. The minimum absolute atomic E-state index is 0.0357. The number of ketones is 1. The van der Waals surface area contributed by atoms with E-state index in [9.17, 15) is 26.7 Å². The van der Waals surface area contributed by atoms with Crippen LogP contribution in [0.4, 0.5) is 0 Å². The van der Waals surface area contributed by atoms with Gasteiger partial charge in [-0.1, -0.05) is 30.3 Å². The summed E-state index contributed by atoms with van der Waals surface area (Å²) in [4.78, 5) is 12.6. The van der Waals surface area contributed by atoms with Gasteiger partial charge in [-0.3, -0.25) is 13.9 Å². The molecule has 0 heterocycles. The van der Waals surface area contributed by atoms with Gasteiger partial charge in [-0.2, -0.15) is 16.8 Å². The number of benzene rings is 2. The highest BCUT2D eigenvalue weighted by Crippen LogP contribution is 2.47. The monoisotopic (exact) mass is 420 g/mol. The Bertz CT molecular complexity index is 1070. The maximum atomic E-state index is 12.6. The largest absolute Gasteiger partial charge is 0.504 e. The van der Waals surface area contributed by atoms with Gasteiger partial charge in [-0.25, -0.2) is 0 Å². The fourth-order valence-electron chi connectivity index (χ4n) is 2.08. The first kappa shape index (κ1) is 20.4. The summed E-state index contributed by atoms with van der Waals surface area (Å²) in [6.45, 7) is 0. The molecule has 0 saturated heterocycles. The molecule has 2 rings (SSSR count). The van der Waals surface area contributed by atoms with Gasteiger partial charge in [-0.05, 0) is 0 Å². The number of aromatic hydroxyl groups is 1. The van der Waals surface area contributed by atoms with E-state index in [0.717, 1.165) is 7.11 Å². The fourth-order valence-corrected chi connectivity index (χ4v) is 2.79. The van der Waals surface area contributed by atoms with Crippen molar-refractivity contribution in [3.63, 3.8) is 0 Å². The summed E-state index contributed by atoms with van der Waals surface area (Å²) >= 11 is 0. The molecule has 13 heteroatoms. The van der Waals surface area contributed by atoms with Crippen molar-refractivity contribution in [2.24, 2.45) is 0 Å². The van der Waals surface area contributed by atoms with Crippen molar-refractivity contribution in [2.75, 3.05) is 7.11 Å². The molecule has 0 aliphatic carbocycles. The predicted molar refractivity (Wildman–Crippen MR) is 88.9 cm³/mol. The molecule has 3 N–H and O–H groups in total. The van der Waals surface area contributed by atoms with Crippen LogP contribution in [0.15, 0.2) is 36.4 Å². The summed E-state index contributed by atoms with van der Waals surface area (Å²) in [5.74, 6) is -4.79. The van der Waals surface area contributed by atoms with Crippen molar-refractivity contribution in [1.29, 1.82) is 0 Å². The highest BCUT2D eigenvalue weighted by molar-refractivity contribution is 7.81. The fraction of sp³-hybridized carbons (Fsp3) is 0.0714. The number of carbonyl (C=O) groups is 1. The van der Waals surface area contributed by atoms with E-state index < -0.39 is 55.1 Å². The van der Waals surface area contributed by atoms with E-state index in [1.807, 2.05) is 0 Å². The van der Waals surface area contributed by atoms with E-state index in [2.05, 4.69) is 8.37 Å².